The van der Waals surface area contributed by atoms with E-state index in [0.717, 1.165) is 63.1 Å². The molecule has 5 rings (SSSR count). The quantitative estimate of drug-likeness (QED) is 0.482. The van der Waals surface area contributed by atoms with E-state index < -0.39 is 0 Å². The van der Waals surface area contributed by atoms with Gasteiger partial charge in [-0.25, -0.2) is 0 Å². The molecule has 0 aliphatic carbocycles. The van der Waals surface area contributed by atoms with Crippen molar-refractivity contribution in [2.24, 2.45) is 0 Å². The number of methoxy groups -OCH3 is 1. The molecular formula is C29H35N3O2. The van der Waals surface area contributed by atoms with E-state index in [4.69, 9.17) is 9.47 Å². The van der Waals surface area contributed by atoms with Crippen molar-refractivity contribution in [2.75, 3.05) is 51.3 Å². The number of anilines is 1. The molecule has 0 radical (unpaired) electrons. The van der Waals surface area contributed by atoms with Crippen LogP contribution in [0.1, 0.15) is 18.4 Å². The van der Waals surface area contributed by atoms with Gasteiger partial charge in [0.15, 0.2) is 0 Å². The number of piperazine rings is 1. The molecule has 0 saturated carbocycles. The van der Waals surface area contributed by atoms with Crippen molar-refractivity contribution in [3.05, 3.63) is 84.4 Å². The van der Waals surface area contributed by atoms with Crippen LogP contribution in [0.5, 0.6) is 17.2 Å². The topological polar surface area (TPSA) is 28.2 Å². The number of ether oxygens (including phenoxy) is 2. The molecule has 0 spiro atoms. The van der Waals surface area contributed by atoms with Gasteiger partial charge in [-0.05, 0) is 67.9 Å². The van der Waals surface area contributed by atoms with Gasteiger partial charge in [0.1, 0.15) is 17.2 Å². The number of para-hydroxylation sites is 3. The highest BCUT2D eigenvalue weighted by Crippen LogP contribution is 2.29. The summed E-state index contributed by atoms with van der Waals surface area (Å²) in [5, 5.41) is 0. The minimum Gasteiger partial charge on any atom is -0.495 e. The van der Waals surface area contributed by atoms with Crippen molar-refractivity contribution in [1.82, 2.24) is 9.80 Å². The molecule has 0 bridgehead atoms. The first-order chi connectivity index (χ1) is 16.8. The van der Waals surface area contributed by atoms with E-state index >= 15 is 0 Å². The predicted molar refractivity (Wildman–Crippen MR) is 138 cm³/mol. The summed E-state index contributed by atoms with van der Waals surface area (Å²) in [5.74, 6) is 2.76. The molecular weight excluding hydrogens is 422 g/mol. The summed E-state index contributed by atoms with van der Waals surface area (Å²) in [6, 6.07) is 27.6. The van der Waals surface area contributed by atoms with Gasteiger partial charge in [0, 0.05) is 38.8 Å². The average molecular weight is 458 g/mol. The number of nitrogens with zero attached hydrogens (tertiary/aromatic N) is 3. The van der Waals surface area contributed by atoms with Gasteiger partial charge in [-0.2, -0.15) is 0 Å². The fourth-order valence-electron chi connectivity index (χ4n) is 5.25. The third-order valence-electron chi connectivity index (χ3n) is 7.10. The minimum atomic E-state index is 0.698. The Morgan fingerprint density at radius 1 is 0.735 bits per heavy atom. The predicted octanol–water partition coefficient (Wildman–Crippen LogP) is 5.27. The molecule has 5 heteroatoms. The Bertz CT molecular complexity index is 1040. The molecule has 0 aromatic heterocycles. The molecule has 178 valence electrons. The lowest BCUT2D eigenvalue weighted by molar-refractivity contribution is 0.0997. The fraction of sp³-hybridized carbons (Fsp3) is 0.379. The Hall–Kier alpha value is -3.02. The summed E-state index contributed by atoms with van der Waals surface area (Å²) >= 11 is 0. The van der Waals surface area contributed by atoms with E-state index in [1.165, 1.54) is 24.1 Å². The molecule has 2 heterocycles. The number of hydrogen-bond acceptors (Lipinski definition) is 5. The minimum absolute atomic E-state index is 0.698. The smallest absolute Gasteiger partial charge is 0.142 e. The monoisotopic (exact) mass is 457 g/mol. The molecule has 0 atom stereocenters. The normalized spacial score (nSPS) is 18.1. The molecule has 2 saturated heterocycles. The number of likely N-dealkylation sites (tertiary alicyclic amines) is 1. The second kappa shape index (κ2) is 10.9. The van der Waals surface area contributed by atoms with Gasteiger partial charge in [-0.3, -0.25) is 9.80 Å². The molecule has 3 aromatic rings. The zero-order valence-electron chi connectivity index (χ0n) is 20.1. The van der Waals surface area contributed by atoms with Crippen molar-refractivity contribution in [3.8, 4) is 17.2 Å². The maximum absolute atomic E-state index is 6.02. The van der Waals surface area contributed by atoms with Crippen LogP contribution in [0.25, 0.3) is 0 Å². The van der Waals surface area contributed by atoms with E-state index in [-0.39, 0.29) is 0 Å². The van der Waals surface area contributed by atoms with Gasteiger partial charge in [-0.1, -0.05) is 42.5 Å². The Labute approximate surface area is 203 Å². The SMILES string of the molecule is COc1ccccc1N1CCN(C2CCN(Cc3cccc(Oc4ccccc4)c3)CC2)CC1. The van der Waals surface area contributed by atoms with Crippen molar-refractivity contribution < 1.29 is 9.47 Å². The largest absolute Gasteiger partial charge is 0.495 e. The van der Waals surface area contributed by atoms with Crippen molar-refractivity contribution >= 4 is 5.69 Å². The van der Waals surface area contributed by atoms with E-state index in [9.17, 15) is 0 Å². The standard InChI is InChI=1S/C29H35N3O2/c1-33-29-13-6-5-12-28(29)32-20-18-31(19-21-32)25-14-16-30(17-15-25)23-24-8-7-11-27(22-24)34-26-9-3-2-4-10-26/h2-13,22,25H,14-21,23H2,1H3. The summed E-state index contributed by atoms with van der Waals surface area (Å²) < 4.78 is 11.6. The summed E-state index contributed by atoms with van der Waals surface area (Å²) in [5.41, 5.74) is 2.54. The molecule has 3 aromatic carbocycles. The van der Waals surface area contributed by atoms with Crippen LogP contribution in [-0.4, -0.2) is 62.2 Å². The van der Waals surface area contributed by atoms with Crippen molar-refractivity contribution in [1.29, 1.82) is 0 Å². The zero-order chi connectivity index (χ0) is 23.2. The lowest BCUT2D eigenvalue weighted by atomic mass is 10.0. The van der Waals surface area contributed by atoms with E-state index in [2.05, 4.69) is 51.1 Å². The van der Waals surface area contributed by atoms with Gasteiger partial charge in [-0.15, -0.1) is 0 Å². The van der Waals surface area contributed by atoms with Gasteiger partial charge in [0.2, 0.25) is 0 Å². The average Bonchev–Trinajstić information content (AvgIpc) is 2.90. The van der Waals surface area contributed by atoms with Crippen LogP contribution in [-0.2, 0) is 6.54 Å². The summed E-state index contributed by atoms with van der Waals surface area (Å²) in [4.78, 5) is 7.76. The lowest BCUT2D eigenvalue weighted by Crippen LogP contribution is -2.53. The molecule has 0 unspecified atom stereocenters. The molecule has 2 fully saturated rings. The maximum atomic E-state index is 6.02. The number of hydrogen-bond donors (Lipinski definition) is 0. The number of rotatable bonds is 7. The summed E-state index contributed by atoms with van der Waals surface area (Å²) in [7, 11) is 1.76. The van der Waals surface area contributed by atoms with E-state index in [1.54, 1.807) is 7.11 Å². The second-order valence-electron chi connectivity index (χ2n) is 9.26. The Morgan fingerprint density at radius 2 is 1.44 bits per heavy atom. The van der Waals surface area contributed by atoms with E-state index in [1.807, 2.05) is 42.5 Å². The number of benzene rings is 3. The Balaban J connectivity index is 1.10. The Kier molecular flexibility index (Phi) is 7.32. The van der Waals surface area contributed by atoms with E-state index in [0.29, 0.717) is 6.04 Å². The van der Waals surface area contributed by atoms with Crippen LogP contribution >= 0.6 is 0 Å². The molecule has 34 heavy (non-hydrogen) atoms. The zero-order valence-corrected chi connectivity index (χ0v) is 20.1. The molecule has 0 N–H and O–H groups in total. The van der Waals surface area contributed by atoms with Crippen LogP contribution in [0.2, 0.25) is 0 Å². The highest BCUT2D eigenvalue weighted by molar-refractivity contribution is 5.58. The third kappa shape index (κ3) is 5.54. The first kappa shape index (κ1) is 22.8. The summed E-state index contributed by atoms with van der Waals surface area (Å²) in [6.45, 7) is 7.68. The molecule has 2 aliphatic rings. The van der Waals surface area contributed by atoms with Crippen LogP contribution in [0.15, 0.2) is 78.9 Å². The van der Waals surface area contributed by atoms with Crippen molar-refractivity contribution in [3.63, 3.8) is 0 Å². The lowest BCUT2D eigenvalue weighted by Gasteiger charge is -2.43. The Morgan fingerprint density at radius 3 is 2.21 bits per heavy atom. The molecule has 5 nitrogen and oxygen atoms in total. The van der Waals surface area contributed by atoms with Crippen LogP contribution < -0.4 is 14.4 Å². The highest BCUT2D eigenvalue weighted by atomic mass is 16.5. The first-order valence-electron chi connectivity index (χ1n) is 12.4. The highest BCUT2D eigenvalue weighted by Gasteiger charge is 2.28. The van der Waals surface area contributed by atoms with Gasteiger partial charge < -0.3 is 14.4 Å². The summed E-state index contributed by atoms with van der Waals surface area (Å²) in [6.07, 6.45) is 2.49. The van der Waals surface area contributed by atoms with Crippen LogP contribution in [0, 0.1) is 0 Å². The first-order valence-corrected chi connectivity index (χ1v) is 12.4. The van der Waals surface area contributed by atoms with Gasteiger partial charge >= 0.3 is 0 Å². The van der Waals surface area contributed by atoms with Crippen LogP contribution in [0.3, 0.4) is 0 Å². The fourth-order valence-corrected chi connectivity index (χ4v) is 5.25. The van der Waals surface area contributed by atoms with Crippen LogP contribution in [0.4, 0.5) is 5.69 Å². The number of piperidine rings is 1. The second-order valence-corrected chi connectivity index (χ2v) is 9.26. The van der Waals surface area contributed by atoms with Gasteiger partial charge in [0.25, 0.3) is 0 Å². The molecule has 2 aliphatic heterocycles. The maximum Gasteiger partial charge on any atom is 0.142 e. The third-order valence-corrected chi connectivity index (χ3v) is 7.10. The van der Waals surface area contributed by atoms with Crippen molar-refractivity contribution in [2.45, 2.75) is 25.4 Å². The molecule has 0 amide bonds. The van der Waals surface area contributed by atoms with Gasteiger partial charge in [0.05, 0.1) is 12.8 Å².